The highest BCUT2D eigenvalue weighted by Gasteiger charge is 2.32. The summed E-state index contributed by atoms with van der Waals surface area (Å²) in [7, 11) is 0. The molecule has 3 heterocycles. The fourth-order valence-electron chi connectivity index (χ4n) is 3.27. The van der Waals surface area contributed by atoms with Crippen molar-refractivity contribution in [2.24, 2.45) is 0 Å². The molecule has 0 spiro atoms. The Labute approximate surface area is 164 Å². The number of anilines is 4. The van der Waals surface area contributed by atoms with E-state index in [1.807, 2.05) is 19.1 Å². The molecule has 3 aromatic rings. The third kappa shape index (κ3) is 4.05. The predicted octanol–water partition coefficient (Wildman–Crippen LogP) is 3.48. The highest BCUT2D eigenvalue weighted by molar-refractivity contribution is 5.66. The average Bonchev–Trinajstić information content (AvgIpc) is 2.69. The van der Waals surface area contributed by atoms with Crippen LogP contribution in [0.2, 0.25) is 0 Å². The summed E-state index contributed by atoms with van der Waals surface area (Å²) in [5.41, 5.74) is 9.22. The minimum absolute atomic E-state index is 0.109. The Balaban J connectivity index is 1.58. The average molecular weight is 401 g/mol. The van der Waals surface area contributed by atoms with Gasteiger partial charge in [-0.05, 0) is 30.7 Å². The molecule has 10 heteroatoms. The number of fused-ring (bicyclic) bond motifs is 1. The molecular weight excluding hydrogens is 383 g/mol. The highest BCUT2D eigenvalue weighted by Crippen LogP contribution is 2.31. The number of benzene rings is 1. The number of nitrogens with two attached hydrogens (primary N) is 1. The van der Waals surface area contributed by atoms with Crippen molar-refractivity contribution >= 4 is 23.3 Å². The van der Waals surface area contributed by atoms with Crippen LogP contribution in [0.15, 0.2) is 36.7 Å². The van der Waals surface area contributed by atoms with Crippen LogP contribution in [0.25, 0.3) is 0 Å². The standard InChI is InChI=1S/C19H18F3N7/c1-11-2-3-13(26-18-24-6-4-16(28-18)19(20,21)22)8-15(11)29-7-5-14-12(10-29)9-25-17(23)27-14/h2-4,6,8-9H,5,7,10H2,1H3,(H2,23,25,27)(H,24,26,28). The van der Waals surface area contributed by atoms with Crippen LogP contribution < -0.4 is 16.0 Å². The zero-order valence-corrected chi connectivity index (χ0v) is 15.5. The topological polar surface area (TPSA) is 92.9 Å². The van der Waals surface area contributed by atoms with Crippen molar-refractivity contribution in [1.29, 1.82) is 0 Å². The highest BCUT2D eigenvalue weighted by atomic mass is 19.4. The van der Waals surface area contributed by atoms with Gasteiger partial charge in [-0.1, -0.05) is 6.07 Å². The van der Waals surface area contributed by atoms with Crippen LogP contribution in [-0.4, -0.2) is 26.5 Å². The monoisotopic (exact) mass is 401 g/mol. The first-order valence-corrected chi connectivity index (χ1v) is 8.93. The minimum Gasteiger partial charge on any atom is -0.368 e. The number of halogens is 3. The molecule has 4 rings (SSSR count). The number of nitrogens with one attached hydrogen (secondary N) is 1. The zero-order chi connectivity index (χ0) is 20.6. The van der Waals surface area contributed by atoms with Gasteiger partial charge in [-0.15, -0.1) is 0 Å². The molecule has 1 aromatic carbocycles. The predicted molar refractivity (Wildman–Crippen MR) is 103 cm³/mol. The number of aromatic nitrogens is 4. The summed E-state index contributed by atoms with van der Waals surface area (Å²) in [6.07, 6.45) is -0.974. The first-order chi connectivity index (χ1) is 13.8. The molecule has 0 unspecified atom stereocenters. The lowest BCUT2D eigenvalue weighted by molar-refractivity contribution is -0.141. The van der Waals surface area contributed by atoms with E-state index in [4.69, 9.17) is 5.73 Å². The van der Waals surface area contributed by atoms with Gasteiger partial charge in [-0.2, -0.15) is 13.2 Å². The summed E-state index contributed by atoms with van der Waals surface area (Å²) in [6, 6.07) is 6.40. The molecule has 0 bridgehead atoms. The first kappa shape index (κ1) is 18.9. The largest absolute Gasteiger partial charge is 0.433 e. The van der Waals surface area contributed by atoms with Crippen LogP contribution in [0, 0.1) is 6.92 Å². The van der Waals surface area contributed by atoms with Crippen molar-refractivity contribution < 1.29 is 13.2 Å². The first-order valence-electron chi connectivity index (χ1n) is 8.93. The van der Waals surface area contributed by atoms with Crippen LogP contribution >= 0.6 is 0 Å². The fraction of sp³-hybridized carbons (Fsp3) is 0.263. The van der Waals surface area contributed by atoms with Gasteiger partial charge in [-0.25, -0.2) is 19.9 Å². The summed E-state index contributed by atoms with van der Waals surface area (Å²) >= 11 is 0. The Morgan fingerprint density at radius 2 is 1.97 bits per heavy atom. The van der Waals surface area contributed by atoms with E-state index in [1.54, 1.807) is 12.3 Å². The molecule has 1 aliphatic rings. The van der Waals surface area contributed by atoms with Gasteiger partial charge in [0.25, 0.3) is 0 Å². The molecule has 0 saturated carbocycles. The van der Waals surface area contributed by atoms with E-state index in [1.165, 1.54) is 0 Å². The second kappa shape index (κ2) is 7.19. The van der Waals surface area contributed by atoms with Gasteiger partial charge in [0.05, 0.1) is 5.69 Å². The van der Waals surface area contributed by atoms with Gasteiger partial charge in [0.15, 0.2) is 0 Å². The summed E-state index contributed by atoms with van der Waals surface area (Å²) in [5.74, 6) is 0.156. The normalized spacial score (nSPS) is 13.9. The van der Waals surface area contributed by atoms with E-state index >= 15 is 0 Å². The van der Waals surface area contributed by atoms with Gasteiger partial charge >= 0.3 is 6.18 Å². The van der Waals surface area contributed by atoms with E-state index in [0.717, 1.165) is 47.7 Å². The Bertz CT molecular complexity index is 1050. The van der Waals surface area contributed by atoms with Crippen molar-refractivity contribution in [3.63, 3.8) is 0 Å². The van der Waals surface area contributed by atoms with Gasteiger partial charge in [0, 0.05) is 48.8 Å². The van der Waals surface area contributed by atoms with Gasteiger partial charge < -0.3 is 16.0 Å². The molecule has 0 aliphatic carbocycles. The maximum atomic E-state index is 12.9. The second-order valence-corrected chi connectivity index (χ2v) is 6.76. The van der Waals surface area contributed by atoms with E-state index in [0.29, 0.717) is 12.2 Å². The minimum atomic E-state index is -4.52. The Hall–Kier alpha value is -3.43. The van der Waals surface area contributed by atoms with Crippen LogP contribution in [0.1, 0.15) is 22.5 Å². The number of rotatable bonds is 3. The molecule has 0 atom stereocenters. The molecule has 3 N–H and O–H groups in total. The van der Waals surface area contributed by atoms with Crippen LogP contribution in [0.3, 0.4) is 0 Å². The molecule has 0 radical (unpaired) electrons. The van der Waals surface area contributed by atoms with E-state index in [-0.39, 0.29) is 11.9 Å². The van der Waals surface area contributed by atoms with Crippen LogP contribution in [0.4, 0.5) is 36.4 Å². The lowest BCUT2D eigenvalue weighted by atomic mass is 10.0. The number of hydrogen-bond donors (Lipinski definition) is 2. The second-order valence-electron chi connectivity index (χ2n) is 6.76. The van der Waals surface area contributed by atoms with Crippen LogP contribution in [0.5, 0.6) is 0 Å². The summed E-state index contributed by atoms with van der Waals surface area (Å²) in [5, 5.41) is 2.86. The molecule has 1 aliphatic heterocycles. The quantitative estimate of drug-likeness (QED) is 0.694. The summed E-state index contributed by atoms with van der Waals surface area (Å²) in [6.45, 7) is 3.35. The van der Waals surface area contributed by atoms with E-state index in [2.05, 4.69) is 30.2 Å². The molecule has 2 aromatic heterocycles. The summed E-state index contributed by atoms with van der Waals surface area (Å²) < 4.78 is 38.6. The van der Waals surface area contributed by atoms with E-state index < -0.39 is 11.9 Å². The van der Waals surface area contributed by atoms with Crippen molar-refractivity contribution in [1.82, 2.24) is 19.9 Å². The van der Waals surface area contributed by atoms with Gasteiger partial charge in [0.1, 0.15) is 5.69 Å². The van der Waals surface area contributed by atoms with Gasteiger partial charge in [0.2, 0.25) is 11.9 Å². The number of nitrogen functional groups attached to an aromatic ring is 1. The van der Waals surface area contributed by atoms with Crippen LogP contribution in [-0.2, 0) is 19.1 Å². The lowest BCUT2D eigenvalue weighted by Crippen LogP contribution is -2.31. The molecule has 0 saturated heterocycles. The Kier molecular flexibility index (Phi) is 4.69. The molecular formula is C19H18F3N7. The van der Waals surface area contributed by atoms with E-state index in [9.17, 15) is 13.2 Å². The number of alkyl halides is 3. The number of hydrogen-bond acceptors (Lipinski definition) is 7. The van der Waals surface area contributed by atoms with Gasteiger partial charge in [-0.3, -0.25) is 0 Å². The zero-order valence-electron chi connectivity index (χ0n) is 15.5. The maximum Gasteiger partial charge on any atom is 0.433 e. The van der Waals surface area contributed by atoms with Crippen molar-refractivity contribution in [3.05, 3.63) is 59.2 Å². The third-order valence-electron chi connectivity index (χ3n) is 4.70. The Morgan fingerprint density at radius 3 is 2.76 bits per heavy atom. The lowest BCUT2D eigenvalue weighted by Gasteiger charge is -2.31. The number of nitrogens with zero attached hydrogens (tertiary/aromatic N) is 5. The maximum absolute atomic E-state index is 12.9. The van der Waals surface area contributed by atoms with Crippen molar-refractivity contribution in [3.8, 4) is 0 Å². The molecule has 0 amide bonds. The number of aryl methyl sites for hydroxylation is 1. The molecule has 29 heavy (non-hydrogen) atoms. The molecule has 150 valence electrons. The smallest absolute Gasteiger partial charge is 0.368 e. The molecule has 7 nitrogen and oxygen atoms in total. The SMILES string of the molecule is Cc1ccc(Nc2nccc(C(F)(F)F)n2)cc1N1CCc2nc(N)ncc2C1. The molecule has 0 fully saturated rings. The Morgan fingerprint density at radius 1 is 1.14 bits per heavy atom. The van der Waals surface area contributed by atoms with Crippen molar-refractivity contribution in [2.75, 3.05) is 22.5 Å². The fourth-order valence-corrected chi connectivity index (χ4v) is 3.27. The summed E-state index contributed by atoms with van der Waals surface area (Å²) in [4.78, 5) is 18.0. The van der Waals surface area contributed by atoms with Crippen molar-refractivity contribution in [2.45, 2.75) is 26.1 Å². The third-order valence-corrected chi connectivity index (χ3v) is 4.70.